The van der Waals surface area contributed by atoms with Gasteiger partial charge in [0.1, 0.15) is 5.76 Å². The first-order chi connectivity index (χ1) is 16.5. The normalized spacial score (nSPS) is 14.9. The lowest BCUT2D eigenvalue weighted by atomic mass is 9.95. The van der Waals surface area contributed by atoms with Crippen molar-refractivity contribution < 1.29 is 18.8 Å². The van der Waals surface area contributed by atoms with Gasteiger partial charge in [-0.3, -0.25) is 19.3 Å². The summed E-state index contributed by atoms with van der Waals surface area (Å²) < 4.78 is 5.64. The van der Waals surface area contributed by atoms with Gasteiger partial charge in [0.2, 0.25) is 5.91 Å². The van der Waals surface area contributed by atoms with Crippen LogP contribution in [0.15, 0.2) is 64.6 Å². The van der Waals surface area contributed by atoms with Crippen LogP contribution in [0, 0.1) is 6.92 Å². The number of thiophene rings is 1. The van der Waals surface area contributed by atoms with Crippen molar-refractivity contribution in [2.24, 2.45) is 0 Å². The Morgan fingerprint density at radius 2 is 1.85 bits per heavy atom. The van der Waals surface area contributed by atoms with Crippen LogP contribution in [-0.4, -0.2) is 30.3 Å². The van der Waals surface area contributed by atoms with E-state index in [-0.39, 0.29) is 24.4 Å². The number of nitrogens with zero attached hydrogens (tertiary/aromatic N) is 1. The van der Waals surface area contributed by atoms with Gasteiger partial charge in [-0.2, -0.15) is 0 Å². The van der Waals surface area contributed by atoms with Crippen molar-refractivity contribution in [1.29, 1.82) is 0 Å². The van der Waals surface area contributed by atoms with Crippen molar-refractivity contribution >= 4 is 34.7 Å². The maximum Gasteiger partial charge on any atom is 0.261 e. The van der Waals surface area contributed by atoms with E-state index in [4.69, 9.17) is 4.42 Å². The summed E-state index contributed by atoms with van der Waals surface area (Å²) in [5, 5.41) is 7.64. The fourth-order valence-corrected chi connectivity index (χ4v) is 4.97. The molecule has 0 radical (unpaired) electrons. The molecule has 3 aromatic rings. The Hall–Kier alpha value is -3.39. The number of anilines is 1. The van der Waals surface area contributed by atoms with E-state index in [0.29, 0.717) is 16.3 Å². The van der Waals surface area contributed by atoms with Crippen LogP contribution < -0.4 is 15.5 Å². The predicted molar refractivity (Wildman–Crippen MR) is 132 cm³/mol. The van der Waals surface area contributed by atoms with E-state index < -0.39 is 11.9 Å². The third-order valence-electron chi connectivity index (χ3n) is 6.06. The Balaban J connectivity index is 1.64. The van der Waals surface area contributed by atoms with Crippen LogP contribution in [0.1, 0.15) is 59.1 Å². The van der Waals surface area contributed by atoms with E-state index in [2.05, 4.69) is 10.6 Å². The smallest absolute Gasteiger partial charge is 0.261 e. The highest BCUT2D eigenvalue weighted by Gasteiger charge is 2.36. The molecule has 2 heterocycles. The number of rotatable bonds is 8. The van der Waals surface area contributed by atoms with Gasteiger partial charge in [-0.15, -0.1) is 11.3 Å². The zero-order chi connectivity index (χ0) is 23.9. The van der Waals surface area contributed by atoms with Gasteiger partial charge in [-0.05, 0) is 55.0 Å². The molecule has 7 nitrogen and oxygen atoms in total. The van der Waals surface area contributed by atoms with Gasteiger partial charge in [-0.1, -0.05) is 43.5 Å². The van der Waals surface area contributed by atoms with E-state index >= 15 is 0 Å². The molecular weight excluding hydrogens is 450 g/mol. The first kappa shape index (κ1) is 23.8. The Labute approximate surface area is 203 Å². The Bertz CT molecular complexity index is 1110. The molecule has 0 aliphatic heterocycles. The summed E-state index contributed by atoms with van der Waals surface area (Å²) in [5.74, 6) is -0.647. The van der Waals surface area contributed by atoms with Gasteiger partial charge in [0, 0.05) is 11.7 Å². The number of nitrogens with one attached hydrogen (secondary N) is 2. The average Bonchev–Trinajstić information content (AvgIpc) is 3.57. The van der Waals surface area contributed by atoms with Crippen molar-refractivity contribution in [2.75, 3.05) is 11.4 Å². The van der Waals surface area contributed by atoms with Crippen LogP contribution in [0.25, 0.3) is 0 Å². The summed E-state index contributed by atoms with van der Waals surface area (Å²) in [4.78, 5) is 41.6. The molecule has 1 aliphatic carbocycles. The lowest BCUT2D eigenvalue weighted by Crippen LogP contribution is -2.49. The van der Waals surface area contributed by atoms with Crippen LogP contribution in [0.2, 0.25) is 0 Å². The second-order valence-corrected chi connectivity index (χ2v) is 9.42. The zero-order valence-electron chi connectivity index (χ0n) is 19.2. The first-order valence-electron chi connectivity index (χ1n) is 11.6. The Morgan fingerprint density at radius 3 is 2.53 bits per heavy atom. The Kier molecular flexibility index (Phi) is 7.80. The average molecular weight is 480 g/mol. The topological polar surface area (TPSA) is 91.7 Å². The first-order valence-corrected chi connectivity index (χ1v) is 12.5. The fraction of sp³-hybridized carbons (Fsp3) is 0.346. The number of carbonyl (C=O) groups excluding carboxylic acids is 3. The second-order valence-electron chi connectivity index (χ2n) is 8.47. The van der Waals surface area contributed by atoms with E-state index in [1.165, 1.54) is 28.9 Å². The lowest BCUT2D eigenvalue weighted by Gasteiger charge is -2.33. The molecular formula is C26H29N3O4S. The molecule has 1 fully saturated rings. The molecule has 0 saturated heterocycles. The molecule has 0 bridgehead atoms. The summed E-state index contributed by atoms with van der Waals surface area (Å²) in [5.41, 5.74) is 1.43. The second kappa shape index (κ2) is 11.2. The van der Waals surface area contributed by atoms with Crippen molar-refractivity contribution in [1.82, 2.24) is 10.6 Å². The fourth-order valence-electron chi connectivity index (χ4n) is 4.33. The quantitative estimate of drug-likeness (QED) is 0.494. The van der Waals surface area contributed by atoms with Crippen molar-refractivity contribution in [3.8, 4) is 0 Å². The molecule has 3 amide bonds. The van der Waals surface area contributed by atoms with Gasteiger partial charge >= 0.3 is 0 Å². The number of amides is 3. The standard InChI is InChI=1S/C26H29N3O4S/c1-18-9-5-6-12-20(18)29(23(30)17-27-25(31)22-14-8-16-34-22)24(21-13-7-15-33-21)26(32)28-19-10-3-2-4-11-19/h5-9,12-16,19,24H,2-4,10-11,17H2,1H3,(H,27,31)(H,28,32)/t24-/m0/s1. The minimum Gasteiger partial charge on any atom is -0.467 e. The van der Waals surface area contributed by atoms with Gasteiger partial charge < -0.3 is 15.1 Å². The molecule has 1 atom stereocenters. The molecule has 178 valence electrons. The van der Waals surface area contributed by atoms with Crippen molar-refractivity contribution in [3.63, 3.8) is 0 Å². The van der Waals surface area contributed by atoms with Gasteiger partial charge in [0.15, 0.2) is 6.04 Å². The number of carbonyl (C=O) groups is 3. The maximum atomic E-state index is 13.6. The van der Waals surface area contributed by atoms with Crippen molar-refractivity contribution in [2.45, 2.75) is 51.1 Å². The highest BCUT2D eigenvalue weighted by atomic mass is 32.1. The molecule has 1 aromatic carbocycles. The Morgan fingerprint density at radius 1 is 1.06 bits per heavy atom. The van der Waals surface area contributed by atoms with Crippen LogP contribution in [0.5, 0.6) is 0 Å². The SMILES string of the molecule is Cc1ccccc1N(C(=O)CNC(=O)c1cccs1)[C@H](C(=O)NC1CCCCC1)c1ccco1. The van der Waals surface area contributed by atoms with E-state index in [0.717, 1.165) is 31.2 Å². The van der Waals surface area contributed by atoms with E-state index in [9.17, 15) is 14.4 Å². The number of hydrogen-bond acceptors (Lipinski definition) is 5. The molecule has 2 N–H and O–H groups in total. The predicted octanol–water partition coefficient (Wildman–Crippen LogP) is 4.60. The largest absolute Gasteiger partial charge is 0.467 e. The number of hydrogen-bond donors (Lipinski definition) is 2. The minimum atomic E-state index is -0.996. The molecule has 34 heavy (non-hydrogen) atoms. The molecule has 1 aliphatic rings. The monoisotopic (exact) mass is 479 g/mol. The number of para-hydroxylation sites is 1. The number of benzene rings is 1. The molecule has 1 saturated carbocycles. The lowest BCUT2D eigenvalue weighted by molar-refractivity contribution is -0.127. The summed E-state index contributed by atoms with van der Waals surface area (Å²) in [6.07, 6.45) is 6.66. The molecule has 4 rings (SSSR count). The third-order valence-corrected chi connectivity index (χ3v) is 6.93. The van der Waals surface area contributed by atoms with Gasteiger partial charge in [0.25, 0.3) is 11.8 Å². The van der Waals surface area contributed by atoms with Crippen LogP contribution in [0.4, 0.5) is 5.69 Å². The van der Waals surface area contributed by atoms with Gasteiger partial charge in [0.05, 0.1) is 17.7 Å². The molecule has 2 aromatic heterocycles. The highest BCUT2D eigenvalue weighted by molar-refractivity contribution is 7.12. The number of aryl methyl sites for hydroxylation is 1. The summed E-state index contributed by atoms with van der Waals surface area (Å²) >= 11 is 1.30. The van der Waals surface area contributed by atoms with E-state index in [1.54, 1.807) is 35.7 Å². The zero-order valence-corrected chi connectivity index (χ0v) is 20.0. The molecule has 0 unspecified atom stereocenters. The van der Waals surface area contributed by atoms with Crippen LogP contribution in [0.3, 0.4) is 0 Å². The highest BCUT2D eigenvalue weighted by Crippen LogP contribution is 2.31. The number of furan rings is 1. The van der Waals surface area contributed by atoms with Crippen molar-refractivity contribution in [3.05, 3.63) is 76.4 Å². The van der Waals surface area contributed by atoms with Gasteiger partial charge in [-0.25, -0.2) is 0 Å². The van der Waals surface area contributed by atoms with E-state index in [1.807, 2.05) is 25.1 Å². The molecule has 0 spiro atoms. The van der Waals surface area contributed by atoms with Crippen LogP contribution >= 0.6 is 11.3 Å². The maximum absolute atomic E-state index is 13.6. The van der Waals surface area contributed by atoms with Crippen LogP contribution in [-0.2, 0) is 9.59 Å². The summed E-state index contributed by atoms with van der Waals surface area (Å²) in [6.45, 7) is 1.64. The summed E-state index contributed by atoms with van der Waals surface area (Å²) in [7, 11) is 0. The third kappa shape index (κ3) is 5.56. The molecule has 8 heteroatoms. The minimum absolute atomic E-state index is 0.0751. The summed E-state index contributed by atoms with van der Waals surface area (Å²) in [6, 6.07) is 13.4.